The average Bonchev–Trinajstić information content (AvgIpc) is 1.89. The maximum atomic E-state index is 9.14. The molecule has 0 saturated heterocycles. The molecule has 4 heteroatoms. The third kappa shape index (κ3) is 61.8. The Balaban J connectivity index is -0.0000000910. The van der Waals surface area contributed by atoms with E-state index in [1.165, 1.54) is 6.08 Å². The molecule has 48 valence electrons. The fourth-order valence-corrected chi connectivity index (χ4v) is 0. The zero-order chi connectivity index (χ0) is 7.70. The van der Waals surface area contributed by atoms with Gasteiger partial charge in [-0.2, -0.15) is 5.26 Å². The Hall–Kier alpha value is -0.963. The van der Waals surface area contributed by atoms with Gasteiger partial charge in [0.05, 0.1) is 12.0 Å². The molecule has 0 spiro atoms. The van der Waals surface area contributed by atoms with Crippen LogP contribution in [0.15, 0.2) is 25.3 Å². The normalized spacial score (nSPS) is 4.70. The molecular weight excluding hydrogens is 125 g/mol. The van der Waals surface area contributed by atoms with Crippen LogP contribution in [0.2, 0.25) is 0 Å². The van der Waals surface area contributed by atoms with Crippen LogP contribution in [0.25, 0.3) is 0 Å². The van der Waals surface area contributed by atoms with Crippen molar-refractivity contribution in [3.05, 3.63) is 25.3 Å². The number of carboxylic acids is 1. The molecule has 0 saturated carbocycles. The van der Waals surface area contributed by atoms with E-state index in [-0.39, 0.29) is 18.9 Å². The summed E-state index contributed by atoms with van der Waals surface area (Å²) in [6, 6.07) is 1.69. The molecule has 0 aliphatic carbocycles. The number of hydrogen-bond donors (Lipinski definition) is 0. The smallest absolute Gasteiger partial charge is 0.545 e. The number of allylic oxidation sites excluding steroid dienone is 1. The molecule has 0 aliphatic rings. The Morgan fingerprint density at radius 2 is 1.80 bits per heavy atom. The zero-order valence-corrected chi connectivity index (χ0v) is 5.83. The van der Waals surface area contributed by atoms with Gasteiger partial charge in [-0.3, -0.25) is 0 Å². The molecule has 0 radical (unpaired) electrons. The molecule has 0 aromatic heterocycles. The van der Waals surface area contributed by atoms with Gasteiger partial charge in [0.2, 0.25) is 0 Å². The molecule has 0 rings (SSSR count). The van der Waals surface area contributed by atoms with Crippen LogP contribution in [-0.2, 0) is 4.79 Å². The van der Waals surface area contributed by atoms with Gasteiger partial charge in [-0.25, -0.2) is 0 Å². The summed E-state index contributed by atoms with van der Waals surface area (Å²) in [6.45, 7) is 6.02. The van der Waals surface area contributed by atoms with E-state index in [4.69, 9.17) is 15.2 Å². The summed E-state index contributed by atoms with van der Waals surface area (Å²) < 4.78 is 0. The Kier molecular flexibility index (Phi) is 25.1. The summed E-state index contributed by atoms with van der Waals surface area (Å²) in [5, 5.41) is 16.6. The molecule has 0 bridgehead atoms. The SMILES string of the molecule is C=CC#N.C=CC(=O)[O-].[Li+]. The Morgan fingerprint density at radius 1 is 1.60 bits per heavy atom. The average molecular weight is 131 g/mol. The first-order valence-corrected chi connectivity index (χ1v) is 2.03. The largest absolute Gasteiger partial charge is 1.00 e. The summed E-state index contributed by atoms with van der Waals surface area (Å²) in [7, 11) is 0. The molecule has 0 aromatic carbocycles. The van der Waals surface area contributed by atoms with Crippen molar-refractivity contribution < 1.29 is 28.8 Å². The number of nitriles is 1. The second-order valence-corrected chi connectivity index (χ2v) is 0.856. The van der Waals surface area contributed by atoms with E-state index in [1.807, 2.05) is 0 Å². The minimum absolute atomic E-state index is 0. The Bertz CT molecular complexity index is 148. The van der Waals surface area contributed by atoms with E-state index < -0.39 is 5.97 Å². The number of carboxylic acid groups (broad SMARTS) is 1. The van der Waals surface area contributed by atoms with Gasteiger partial charge >= 0.3 is 18.9 Å². The third-order valence-corrected chi connectivity index (χ3v) is 0.258. The van der Waals surface area contributed by atoms with E-state index in [0.29, 0.717) is 0 Å². The number of nitrogens with zero attached hydrogens (tertiary/aromatic N) is 1. The fourth-order valence-electron chi connectivity index (χ4n) is 0. The van der Waals surface area contributed by atoms with Gasteiger partial charge in [-0.1, -0.05) is 13.2 Å². The van der Waals surface area contributed by atoms with Gasteiger partial charge in [0, 0.05) is 6.08 Å². The predicted molar refractivity (Wildman–Crippen MR) is 31.0 cm³/mol. The summed E-state index contributed by atoms with van der Waals surface area (Å²) in [5.74, 6) is -1.23. The molecule has 0 N–H and O–H groups in total. The standard InChI is InChI=1S/C3H3N.C3H4O2.Li/c1-2-3-4;1-2-3(4)5;/h2H,1H2;2H,1H2,(H,4,5);/q;;+1/p-1. The number of carbonyl (C=O) groups is 1. The van der Waals surface area contributed by atoms with Crippen molar-refractivity contribution in [2.75, 3.05) is 0 Å². The van der Waals surface area contributed by atoms with Crippen LogP contribution in [0.3, 0.4) is 0 Å². The van der Waals surface area contributed by atoms with Crippen LogP contribution in [0, 0.1) is 11.3 Å². The summed E-state index contributed by atoms with van der Waals surface area (Å²) in [4.78, 5) is 9.14. The summed E-state index contributed by atoms with van der Waals surface area (Å²) in [5.41, 5.74) is 0. The monoisotopic (exact) mass is 131 g/mol. The fraction of sp³-hybridized carbons (Fsp3) is 0. The van der Waals surface area contributed by atoms with E-state index in [1.54, 1.807) is 6.07 Å². The van der Waals surface area contributed by atoms with Crippen LogP contribution in [-0.4, -0.2) is 5.97 Å². The second kappa shape index (κ2) is 15.7. The number of carbonyl (C=O) groups excluding carboxylic acids is 1. The van der Waals surface area contributed by atoms with Crippen LogP contribution in [0.5, 0.6) is 0 Å². The van der Waals surface area contributed by atoms with E-state index in [2.05, 4.69) is 13.2 Å². The molecule has 0 fully saturated rings. The van der Waals surface area contributed by atoms with Crippen molar-refractivity contribution in [1.29, 1.82) is 5.26 Å². The van der Waals surface area contributed by atoms with Crippen molar-refractivity contribution >= 4 is 5.97 Å². The van der Waals surface area contributed by atoms with Crippen molar-refractivity contribution in [2.24, 2.45) is 0 Å². The third-order valence-electron chi connectivity index (χ3n) is 0.258. The molecular formula is C6H6LiNO2. The van der Waals surface area contributed by atoms with Gasteiger partial charge in [0.1, 0.15) is 0 Å². The van der Waals surface area contributed by atoms with Crippen LogP contribution >= 0.6 is 0 Å². The predicted octanol–water partition coefficient (Wildman–Crippen LogP) is -3.38. The van der Waals surface area contributed by atoms with Gasteiger partial charge in [0.25, 0.3) is 0 Å². The Morgan fingerprint density at radius 3 is 1.80 bits per heavy atom. The second-order valence-electron chi connectivity index (χ2n) is 0.856. The topological polar surface area (TPSA) is 63.9 Å². The molecule has 0 amide bonds. The number of hydrogen-bond acceptors (Lipinski definition) is 3. The minimum Gasteiger partial charge on any atom is -0.545 e. The first-order valence-electron chi connectivity index (χ1n) is 2.03. The number of aliphatic carboxylic acids is 1. The van der Waals surface area contributed by atoms with Crippen molar-refractivity contribution in [1.82, 2.24) is 0 Å². The van der Waals surface area contributed by atoms with Gasteiger partial charge in [-0.15, -0.1) is 0 Å². The molecule has 3 nitrogen and oxygen atoms in total. The maximum Gasteiger partial charge on any atom is 1.00 e. The van der Waals surface area contributed by atoms with Gasteiger partial charge in [-0.05, 0) is 6.08 Å². The quantitative estimate of drug-likeness (QED) is 0.212. The van der Waals surface area contributed by atoms with Gasteiger partial charge < -0.3 is 9.90 Å². The van der Waals surface area contributed by atoms with E-state index in [9.17, 15) is 0 Å². The van der Waals surface area contributed by atoms with Crippen LogP contribution < -0.4 is 24.0 Å². The Labute approximate surface area is 71.8 Å². The minimum atomic E-state index is -1.23. The van der Waals surface area contributed by atoms with Crippen molar-refractivity contribution in [3.8, 4) is 6.07 Å². The first-order chi connectivity index (χ1) is 4.18. The molecule has 0 unspecified atom stereocenters. The zero-order valence-electron chi connectivity index (χ0n) is 5.83. The maximum absolute atomic E-state index is 9.14. The molecule has 0 heterocycles. The van der Waals surface area contributed by atoms with Crippen LogP contribution in [0.4, 0.5) is 0 Å². The van der Waals surface area contributed by atoms with E-state index >= 15 is 0 Å². The molecule has 10 heavy (non-hydrogen) atoms. The van der Waals surface area contributed by atoms with E-state index in [0.717, 1.165) is 6.08 Å². The van der Waals surface area contributed by atoms with Crippen LogP contribution in [0.1, 0.15) is 0 Å². The summed E-state index contributed by atoms with van der Waals surface area (Å²) >= 11 is 0. The summed E-state index contributed by atoms with van der Waals surface area (Å²) in [6.07, 6.45) is 1.90. The number of rotatable bonds is 1. The molecule has 0 atom stereocenters. The molecule has 0 aromatic rings. The molecule has 0 aliphatic heterocycles. The van der Waals surface area contributed by atoms with Crippen molar-refractivity contribution in [2.45, 2.75) is 0 Å². The van der Waals surface area contributed by atoms with Crippen molar-refractivity contribution in [3.63, 3.8) is 0 Å². The van der Waals surface area contributed by atoms with Gasteiger partial charge in [0.15, 0.2) is 0 Å². The first kappa shape index (κ1) is 16.0.